The van der Waals surface area contributed by atoms with Crippen LogP contribution in [0.4, 0.5) is 10.3 Å². The number of halogens is 1. The minimum atomic E-state index is -0.660. The second-order valence-electron chi connectivity index (χ2n) is 11.7. The Balaban J connectivity index is 1.54. The number of nitrogens with one attached hydrogen (secondary N) is 1. The number of fused-ring (bicyclic) bond motifs is 1. The number of hydrogen-bond donors (Lipinski definition) is 2. The third-order valence-corrected chi connectivity index (χ3v) is 7.79. The highest BCUT2D eigenvalue weighted by Crippen LogP contribution is 2.37. The summed E-state index contributed by atoms with van der Waals surface area (Å²) in [6.45, 7) is 15.0. The van der Waals surface area contributed by atoms with Crippen LogP contribution in [0.25, 0.3) is 22.2 Å². The molecule has 7 nitrogen and oxygen atoms in total. The maximum Gasteiger partial charge on any atom is 0.223 e. The van der Waals surface area contributed by atoms with Crippen LogP contribution in [0.1, 0.15) is 63.1 Å². The highest BCUT2D eigenvalue weighted by atomic mass is 19.1. The zero-order chi connectivity index (χ0) is 26.3. The number of pyridine rings is 1. The maximum absolute atomic E-state index is 15.1. The van der Waals surface area contributed by atoms with Crippen LogP contribution in [0.2, 0.25) is 0 Å². The summed E-state index contributed by atoms with van der Waals surface area (Å²) in [6, 6.07) is 3.62. The van der Waals surface area contributed by atoms with E-state index in [1.807, 2.05) is 25.3 Å². The van der Waals surface area contributed by atoms with Gasteiger partial charge in [0.15, 0.2) is 5.82 Å². The number of hydrogen-bond acceptors (Lipinski definition) is 7. The standard InChI is InChI=1S/C29H38FN5O2/c1-17(2)25-19(14-35-10-9-29(4,5)16-35)12-31-23-7-6-20(18(3)26(23)25)27-21(30)13-32-28(34-27)33-22-8-11-37-15-24(22)36/h6-7,12-13,17,22,24,36H,8-11,14-16H2,1-5H3,(H,32,33,34)/t22-,24-/m1/s1. The van der Waals surface area contributed by atoms with Crippen molar-refractivity contribution in [2.75, 3.05) is 31.6 Å². The quantitative estimate of drug-likeness (QED) is 0.483. The Labute approximate surface area is 218 Å². The van der Waals surface area contributed by atoms with Crippen molar-refractivity contribution in [3.63, 3.8) is 0 Å². The van der Waals surface area contributed by atoms with Gasteiger partial charge in [-0.05, 0) is 60.4 Å². The zero-order valence-electron chi connectivity index (χ0n) is 22.5. The number of nitrogens with zero attached hydrogens (tertiary/aromatic N) is 4. The van der Waals surface area contributed by atoms with Gasteiger partial charge in [-0.25, -0.2) is 14.4 Å². The topological polar surface area (TPSA) is 83.4 Å². The number of benzene rings is 1. The fourth-order valence-corrected chi connectivity index (χ4v) is 5.85. The van der Waals surface area contributed by atoms with E-state index >= 15 is 4.39 Å². The van der Waals surface area contributed by atoms with Gasteiger partial charge in [0, 0.05) is 36.8 Å². The van der Waals surface area contributed by atoms with Gasteiger partial charge in [0.25, 0.3) is 0 Å². The molecule has 2 saturated heterocycles. The number of aromatic nitrogens is 3. The van der Waals surface area contributed by atoms with Gasteiger partial charge in [-0.3, -0.25) is 9.88 Å². The third-order valence-electron chi connectivity index (χ3n) is 7.79. The molecule has 0 saturated carbocycles. The van der Waals surface area contributed by atoms with E-state index in [1.165, 1.54) is 23.7 Å². The molecule has 2 N–H and O–H groups in total. The lowest BCUT2D eigenvalue weighted by atomic mass is 9.89. The molecule has 2 aromatic heterocycles. The molecule has 2 aliphatic rings. The number of rotatable bonds is 6. The first-order valence-electron chi connectivity index (χ1n) is 13.3. The molecule has 2 atom stereocenters. The van der Waals surface area contributed by atoms with Gasteiger partial charge >= 0.3 is 0 Å². The Morgan fingerprint density at radius 2 is 2.05 bits per heavy atom. The van der Waals surface area contributed by atoms with Crippen LogP contribution >= 0.6 is 0 Å². The lowest BCUT2D eigenvalue weighted by molar-refractivity contribution is -0.0136. The van der Waals surface area contributed by atoms with Crippen molar-refractivity contribution in [2.45, 2.75) is 72.1 Å². The van der Waals surface area contributed by atoms with E-state index in [1.54, 1.807) is 0 Å². The summed E-state index contributed by atoms with van der Waals surface area (Å²) in [4.78, 5) is 16.0. The summed E-state index contributed by atoms with van der Waals surface area (Å²) >= 11 is 0. The summed E-state index contributed by atoms with van der Waals surface area (Å²) in [5.74, 6) is 0.108. The van der Waals surface area contributed by atoms with Gasteiger partial charge in [0.2, 0.25) is 5.95 Å². The lowest BCUT2D eigenvalue weighted by Gasteiger charge is -2.28. The molecule has 0 aliphatic carbocycles. The van der Waals surface area contributed by atoms with Gasteiger partial charge in [0.05, 0.1) is 30.5 Å². The Kier molecular flexibility index (Phi) is 7.18. The number of aliphatic hydroxyl groups is 1. The first-order valence-corrected chi connectivity index (χ1v) is 13.3. The molecule has 0 unspecified atom stereocenters. The molecule has 1 aromatic carbocycles. The largest absolute Gasteiger partial charge is 0.389 e. The van der Waals surface area contributed by atoms with Gasteiger partial charge in [0.1, 0.15) is 5.69 Å². The SMILES string of the molecule is Cc1c(-c2nc(N[C@@H]3CCOC[C@H]3O)ncc2F)ccc2ncc(CN3CCC(C)(C)C3)c(C(C)C)c12. The summed E-state index contributed by atoms with van der Waals surface area (Å²) in [7, 11) is 0. The fraction of sp³-hybridized carbons (Fsp3) is 0.552. The molecule has 5 rings (SSSR count). The van der Waals surface area contributed by atoms with E-state index in [0.717, 1.165) is 41.7 Å². The Bertz CT molecular complexity index is 1300. The average Bonchev–Trinajstić information content (AvgIpc) is 3.20. The molecule has 3 aromatic rings. The van der Waals surface area contributed by atoms with Crippen molar-refractivity contribution in [3.05, 3.63) is 47.0 Å². The van der Waals surface area contributed by atoms with E-state index in [4.69, 9.17) is 9.72 Å². The summed E-state index contributed by atoms with van der Waals surface area (Å²) < 4.78 is 20.4. The second kappa shape index (κ2) is 10.2. The van der Waals surface area contributed by atoms with Crippen LogP contribution in [0.15, 0.2) is 24.5 Å². The fourth-order valence-electron chi connectivity index (χ4n) is 5.85. The van der Waals surface area contributed by atoms with Crippen LogP contribution in [0.5, 0.6) is 0 Å². The summed E-state index contributed by atoms with van der Waals surface area (Å²) in [5, 5.41) is 14.5. The van der Waals surface area contributed by atoms with Crippen molar-refractivity contribution in [2.24, 2.45) is 5.41 Å². The molecular weight excluding hydrogens is 469 g/mol. The van der Waals surface area contributed by atoms with Gasteiger partial charge in [-0.2, -0.15) is 0 Å². The monoisotopic (exact) mass is 507 g/mol. The van der Waals surface area contributed by atoms with E-state index in [0.29, 0.717) is 24.4 Å². The molecule has 8 heteroatoms. The number of aryl methyl sites for hydroxylation is 1. The van der Waals surface area contributed by atoms with Crippen molar-refractivity contribution < 1.29 is 14.2 Å². The predicted molar refractivity (Wildman–Crippen MR) is 144 cm³/mol. The molecule has 0 bridgehead atoms. The lowest BCUT2D eigenvalue weighted by Crippen LogP contribution is -2.42. The van der Waals surface area contributed by atoms with Gasteiger partial charge < -0.3 is 15.2 Å². The average molecular weight is 508 g/mol. The van der Waals surface area contributed by atoms with Crippen molar-refractivity contribution >= 4 is 16.9 Å². The molecule has 0 radical (unpaired) electrons. The van der Waals surface area contributed by atoms with E-state index < -0.39 is 11.9 Å². The predicted octanol–water partition coefficient (Wildman–Crippen LogP) is 5.06. The molecule has 0 amide bonds. The zero-order valence-corrected chi connectivity index (χ0v) is 22.5. The van der Waals surface area contributed by atoms with E-state index in [9.17, 15) is 5.11 Å². The number of aliphatic hydroxyl groups excluding tert-OH is 1. The van der Waals surface area contributed by atoms with Crippen molar-refractivity contribution in [3.8, 4) is 11.3 Å². The maximum atomic E-state index is 15.1. The Hall–Kier alpha value is -2.68. The van der Waals surface area contributed by atoms with Crippen LogP contribution in [0, 0.1) is 18.2 Å². The molecule has 4 heterocycles. The summed E-state index contributed by atoms with van der Waals surface area (Å²) in [5.41, 5.74) is 5.70. The van der Waals surface area contributed by atoms with Crippen LogP contribution in [-0.2, 0) is 11.3 Å². The van der Waals surface area contributed by atoms with Gasteiger partial charge in [-0.15, -0.1) is 0 Å². The van der Waals surface area contributed by atoms with Crippen LogP contribution in [-0.4, -0.2) is 63.4 Å². The Morgan fingerprint density at radius 3 is 2.76 bits per heavy atom. The van der Waals surface area contributed by atoms with E-state index in [-0.39, 0.29) is 24.3 Å². The Morgan fingerprint density at radius 1 is 1.24 bits per heavy atom. The molecule has 37 heavy (non-hydrogen) atoms. The van der Waals surface area contributed by atoms with Crippen molar-refractivity contribution in [1.29, 1.82) is 0 Å². The van der Waals surface area contributed by atoms with Crippen LogP contribution in [0.3, 0.4) is 0 Å². The highest BCUT2D eigenvalue weighted by molar-refractivity contribution is 5.92. The first-order chi connectivity index (χ1) is 17.6. The van der Waals surface area contributed by atoms with Crippen LogP contribution < -0.4 is 5.32 Å². The van der Waals surface area contributed by atoms with Gasteiger partial charge in [-0.1, -0.05) is 33.8 Å². The molecule has 2 aliphatic heterocycles. The van der Waals surface area contributed by atoms with Crippen molar-refractivity contribution in [1.82, 2.24) is 19.9 Å². The third kappa shape index (κ3) is 5.33. The first kappa shape index (κ1) is 25.9. The van der Waals surface area contributed by atoms with E-state index in [2.05, 4.69) is 47.9 Å². The second-order valence-corrected chi connectivity index (χ2v) is 11.7. The molecule has 198 valence electrons. The normalized spacial score (nSPS) is 22.2. The molecule has 2 fully saturated rings. The number of anilines is 1. The smallest absolute Gasteiger partial charge is 0.223 e. The highest BCUT2D eigenvalue weighted by Gasteiger charge is 2.30. The molecular formula is C29H38FN5O2. The number of likely N-dealkylation sites (tertiary alicyclic amines) is 1. The minimum Gasteiger partial charge on any atom is -0.389 e. The number of ether oxygens (including phenoxy) is 1. The minimum absolute atomic E-state index is 0.236. The molecule has 0 spiro atoms. The summed E-state index contributed by atoms with van der Waals surface area (Å²) in [6.07, 6.45) is 4.39.